The third-order valence-corrected chi connectivity index (χ3v) is 5.29. The first-order valence-electron chi connectivity index (χ1n) is 9.24. The molecule has 2 aromatic carbocycles. The molecule has 0 aliphatic rings. The molecule has 0 unspecified atom stereocenters. The van der Waals surface area contributed by atoms with Crippen molar-refractivity contribution in [3.05, 3.63) is 70.7 Å². The summed E-state index contributed by atoms with van der Waals surface area (Å²) in [5.74, 6) is 0.418. The Bertz CT molecular complexity index is 979. The molecule has 0 saturated carbocycles. The zero-order valence-electron chi connectivity index (χ0n) is 16.6. The molecule has 0 fully saturated rings. The van der Waals surface area contributed by atoms with Crippen LogP contribution < -0.4 is 15.6 Å². The topological polar surface area (TPSA) is 80.3 Å². The summed E-state index contributed by atoms with van der Waals surface area (Å²) in [6.45, 7) is 4.29. The van der Waals surface area contributed by atoms with Crippen LogP contribution in [-0.2, 0) is 11.2 Å². The van der Waals surface area contributed by atoms with Gasteiger partial charge in [0.2, 0.25) is 5.91 Å². The fourth-order valence-corrected chi connectivity index (χ4v) is 3.49. The van der Waals surface area contributed by atoms with E-state index in [-0.39, 0.29) is 18.0 Å². The summed E-state index contributed by atoms with van der Waals surface area (Å²) in [6.07, 6.45) is 0.148. The van der Waals surface area contributed by atoms with Crippen LogP contribution in [0.5, 0.6) is 5.75 Å². The number of carbonyl (C=O) groups excluding carboxylic acids is 2. The molecule has 2 N–H and O–H groups in total. The lowest BCUT2D eigenvalue weighted by atomic mass is 10.0. The van der Waals surface area contributed by atoms with E-state index in [2.05, 4.69) is 41.8 Å². The minimum Gasteiger partial charge on any atom is -0.497 e. The second-order valence-corrected chi connectivity index (χ2v) is 7.70. The lowest BCUT2D eigenvalue weighted by molar-refractivity contribution is -0.121. The van der Waals surface area contributed by atoms with Crippen molar-refractivity contribution in [1.29, 1.82) is 0 Å². The third-order valence-electron chi connectivity index (χ3n) is 4.40. The quantitative estimate of drug-likeness (QED) is 0.604. The van der Waals surface area contributed by atoms with Crippen LogP contribution in [0.15, 0.2) is 53.9 Å². The van der Waals surface area contributed by atoms with Gasteiger partial charge in [-0.3, -0.25) is 20.4 Å². The van der Waals surface area contributed by atoms with E-state index in [0.717, 1.165) is 21.9 Å². The predicted octanol–water partition coefficient (Wildman–Crippen LogP) is 3.95. The van der Waals surface area contributed by atoms with E-state index in [9.17, 15) is 9.59 Å². The molecule has 3 rings (SSSR count). The van der Waals surface area contributed by atoms with Gasteiger partial charge in [0.15, 0.2) is 0 Å². The van der Waals surface area contributed by atoms with Gasteiger partial charge in [-0.1, -0.05) is 50.2 Å². The van der Waals surface area contributed by atoms with Gasteiger partial charge in [0.1, 0.15) is 16.5 Å². The molecule has 0 radical (unpaired) electrons. The summed E-state index contributed by atoms with van der Waals surface area (Å²) in [7, 11) is 1.59. The maximum absolute atomic E-state index is 12.3. The molecule has 0 aliphatic carbocycles. The Morgan fingerprint density at radius 2 is 1.72 bits per heavy atom. The molecule has 1 aromatic heterocycles. The average molecular weight is 410 g/mol. The smallest absolute Gasteiger partial charge is 0.289 e. The van der Waals surface area contributed by atoms with Crippen LogP contribution in [0.2, 0.25) is 0 Å². The first-order chi connectivity index (χ1) is 14.0. The normalized spacial score (nSPS) is 10.6. The van der Waals surface area contributed by atoms with E-state index in [1.54, 1.807) is 36.8 Å². The Morgan fingerprint density at radius 3 is 2.34 bits per heavy atom. The first-order valence-corrected chi connectivity index (χ1v) is 10.1. The first kappa shape index (κ1) is 20.5. The van der Waals surface area contributed by atoms with Crippen molar-refractivity contribution < 1.29 is 14.3 Å². The van der Waals surface area contributed by atoms with Gasteiger partial charge in [-0.25, -0.2) is 4.98 Å². The molecule has 6 nitrogen and oxygen atoms in total. The zero-order chi connectivity index (χ0) is 20.8. The van der Waals surface area contributed by atoms with Crippen LogP contribution in [-0.4, -0.2) is 23.9 Å². The Balaban J connectivity index is 1.55. The molecule has 3 aromatic rings. The number of aromatic nitrogens is 1. The van der Waals surface area contributed by atoms with Gasteiger partial charge in [0.25, 0.3) is 5.91 Å². The molecule has 1 heterocycles. The van der Waals surface area contributed by atoms with Gasteiger partial charge in [-0.15, -0.1) is 11.3 Å². The highest BCUT2D eigenvalue weighted by Gasteiger charge is 2.13. The zero-order valence-corrected chi connectivity index (χ0v) is 17.4. The number of benzene rings is 2. The predicted molar refractivity (Wildman–Crippen MR) is 114 cm³/mol. The highest BCUT2D eigenvalue weighted by atomic mass is 32.1. The summed E-state index contributed by atoms with van der Waals surface area (Å²) in [4.78, 5) is 28.7. The molecule has 0 saturated heterocycles. The molecule has 0 aliphatic heterocycles. The number of methoxy groups -OCH3 is 1. The number of hydrogen-bond donors (Lipinski definition) is 2. The largest absolute Gasteiger partial charge is 0.497 e. The summed E-state index contributed by atoms with van der Waals surface area (Å²) < 4.78 is 5.09. The standard InChI is InChI=1S/C22H23N3O3S/c1-14(2)16-6-8-17(9-7-16)22-23-19(13-29-22)21(27)25-24-20(26)12-15-4-10-18(28-3)11-5-15/h4-11,13-14H,12H2,1-3H3,(H,24,26)(H,25,27). The van der Waals surface area contributed by atoms with Crippen molar-refractivity contribution in [3.63, 3.8) is 0 Å². The molecular weight excluding hydrogens is 386 g/mol. The van der Waals surface area contributed by atoms with Crippen molar-refractivity contribution in [2.75, 3.05) is 7.11 Å². The Kier molecular flexibility index (Phi) is 6.61. The van der Waals surface area contributed by atoms with Crippen molar-refractivity contribution in [3.8, 4) is 16.3 Å². The molecule has 150 valence electrons. The second-order valence-electron chi connectivity index (χ2n) is 6.84. The minimum absolute atomic E-state index is 0.148. The molecule has 0 bridgehead atoms. The maximum Gasteiger partial charge on any atom is 0.289 e. The lowest BCUT2D eigenvalue weighted by Gasteiger charge is -2.07. The van der Waals surface area contributed by atoms with Crippen molar-refractivity contribution in [2.45, 2.75) is 26.2 Å². The molecular formula is C22H23N3O3S. The number of carbonyl (C=O) groups is 2. The van der Waals surface area contributed by atoms with Gasteiger partial charge >= 0.3 is 0 Å². The van der Waals surface area contributed by atoms with Crippen LogP contribution in [0.3, 0.4) is 0 Å². The number of hydrazine groups is 1. The van der Waals surface area contributed by atoms with Crippen LogP contribution in [0.25, 0.3) is 10.6 Å². The van der Waals surface area contributed by atoms with Crippen LogP contribution in [0.4, 0.5) is 0 Å². The summed E-state index contributed by atoms with van der Waals surface area (Å²) in [5, 5.41) is 2.44. The number of amides is 2. The van der Waals surface area contributed by atoms with E-state index in [0.29, 0.717) is 5.92 Å². The lowest BCUT2D eigenvalue weighted by Crippen LogP contribution is -2.42. The van der Waals surface area contributed by atoms with E-state index < -0.39 is 5.91 Å². The molecule has 29 heavy (non-hydrogen) atoms. The summed E-state index contributed by atoms with van der Waals surface area (Å²) in [6, 6.07) is 15.3. The molecule has 7 heteroatoms. The van der Waals surface area contributed by atoms with Crippen molar-refractivity contribution in [1.82, 2.24) is 15.8 Å². The fraction of sp³-hybridized carbons (Fsp3) is 0.227. The van der Waals surface area contributed by atoms with Crippen LogP contribution >= 0.6 is 11.3 Å². The Hall–Kier alpha value is -3.19. The number of thiazole rings is 1. The molecule has 0 spiro atoms. The van der Waals surface area contributed by atoms with E-state index in [1.165, 1.54) is 16.9 Å². The summed E-state index contributed by atoms with van der Waals surface area (Å²) >= 11 is 1.39. The minimum atomic E-state index is -0.450. The number of nitrogens with zero attached hydrogens (tertiary/aromatic N) is 1. The monoisotopic (exact) mass is 409 g/mol. The Labute approximate surface area is 173 Å². The number of hydrogen-bond acceptors (Lipinski definition) is 5. The highest BCUT2D eigenvalue weighted by Crippen LogP contribution is 2.25. The summed E-state index contributed by atoms with van der Waals surface area (Å²) in [5.41, 5.74) is 8.13. The van der Waals surface area contributed by atoms with Gasteiger partial charge in [0, 0.05) is 10.9 Å². The second kappa shape index (κ2) is 9.34. The number of rotatable bonds is 6. The molecule has 0 atom stereocenters. The van der Waals surface area contributed by atoms with Crippen molar-refractivity contribution in [2.24, 2.45) is 0 Å². The molecule has 2 amide bonds. The van der Waals surface area contributed by atoms with Gasteiger partial charge in [0.05, 0.1) is 13.5 Å². The van der Waals surface area contributed by atoms with E-state index in [1.807, 2.05) is 12.1 Å². The number of ether oxygens (including phenoxy) is 1. The number of nitrogens with one attached hydrogen (secondary N) is 2. The fourth-order valence-electron chi connectivity index (χ4n) is 2.68. The average Bonchev–Trinajstić information content (AvgIpc) is 3.23. The maximum atomic E-state index is 12.3. The Morgan fingerprint density at radius 1 is 1.03 bits per heavy atom. The highest BCUT2D eigenvalue weighted by molar-refractivity contribution is 7.13. The van der Waals surface area contributed by atoms with Gasteiger partial charge < -0.3 is 4.74 Å². The van der Waals surface area contributed by atoms with Crippen LogP contribution in [0, 0.1) is 0 Å². The van der Waals surface area contributed by atoms with Crippen LogP contribution in [0.1, 0.15) is 41.4 Å². The SMILES string of the molecule is COc1ccc(CC(=O)NNC(=O)c2csc(-c3ccc(C(C)C)cc3)n2)cc1. The van der Waals surface area contributed by atoms with Gasteiger partial charge in [-0.2, -0.15) is 0 Å². The third kappa shape index (κ3) is 5.42. The van der Waals surface area contributed by atoms with E-state index >= 15 is 0 Å². The van der Waals surface area contributed by atoms with Gasteiger partial charge in [-0.05, 0) is 29.2 Å². The van der Waals surface area contributed by atoms with Crippen molar-refractivity contribution >= 4 is 23.2 Å². The van der Waals surface area contributed by atoms with E-state index in [4.69, 9.17) is 4.74 Å².